The molecule has 0 radical (unpaired) electrons. The molecule has 0 unspecified atom stereocenters. The molecule has 204 valence electrons. The van der Waals surface area contributed by atoms with Gasteiger partial charge in [-0.25, -0.2) is 9.97 Å². The van der Waals surface area contributed by atoms with Crippen LogP contribution < -0.4 is 9.64 Å². The molecule has 4 aromatic rings. The number of aromatic nitrogens is 5. The van der Waals surface area contributed by atoms with Crippen LogP contribution in [0.3, 0.4) is 0 Å². The van der Waals surface area contributed by atoms with Crippen molar-refractivity contribution in [3.05, 3.63) is 72.4 Å². The van der Waals surface area contributed by atoms with Gasteiger partial charge in [0.05, 0.1) is 12.9 Å². The number of alkyl halides is 3. The molecule has 1 aliphatic heterocycles. The lowest BCUT2D eigenvalue weighted by Gasteiger charge is -2.43. The van der Waals surface area contributed by atoms with Gasteiger partial charge in [-0.1, -0.05) is 6.42 Å². The van der Waals surface area contributed by atoms with Crippen molar-refractivity contribution in [3.8, 4) is 22.8 Å². The van der Waals surface area contributed by atoms with Gasteiger partial charge in [0, 0.05) is 56.0 Å². The summed E-state index contributed by atoms with van der Waals surface area (Å²) in [6.07, 6.45) is 4.62. The Morgan fingerprint density at radius 3 is 2.41 bits per heavy atom. The lowest BCUT2D eigenvalue weighted by atomic mass is 9.91. The Kier molecular flexibility index (Phi) is 6.76. The standard InChI is InChI=1S/C28H30F3N7O/c1-20-15-25(26-18-37(19-33-26)23-5-7-24(8-6-23)39-28(29,30)31)34-38(20)17-21-9-10-32-27(16-21)36-13-11-35(12-14-36)22-3-2-4-22/h5-10,15-16,18-19,22H,2-4,11-14,17H2,1H3. The normalized spacial score (nSPS) is 16.9. The number of imidazole rings is 1. The minimum Gasteiger partial charge on any atom is -0.406 e. The second-order valence-corrected chi connectivity index (χ2v) is 10.2. The summed E-state index contributed by atoms with van der Waals surface area (Å²) < 4.78 is 44.9. The van der Waals surface area contributed by atoms with Gasteiger partial charge in [0.2, 0.25) is 0 Å². The zero-order valence-corrected chi connectivity index (χ0v) is 21.7. The molecule has 4 heterocycles. The highest BCUT2D eigenvalue weighted by Crippen LogP contribution is 2.27. The van der Waals surface area contributed by atoms with Crippen molar-refractivity contribution in [1.82, 2.24) is 29.2 Å². The van der Waals surface area contributed by atoms with Gasteiger partial charge in [-0.15, -0.1) is 13.2 Å². The maximum atomic E-state index is 12.4. The molecule has 0 atom stereocenters. The van der Waals surface area contributed by atoms with Crippen molar-refractivity contribution in [2.24, 2.45) is 0 Å². The number of anilines is 1. The quantitative estimate of drug-likeness (QED) is 0.329. The zero-order valence-electron chi connectivity index (χ0n) is 21.7. The van der Waals surface area contributed by atoms with Crippen molar-refractivity contribution in [3.63, 3.8) is 0 Å². The van der Waals surface area contributed by atoms with Crippen LogP contribution in [0.1, 0.15) is 30.5 Å². The van der Waals surface area contributed by atoms with Gasteiger partial charge in [-0.05, 0) is 67.8 Å². The monoisotopic (exact) mass is 537 g/mol. The highest BCUT2D eigenvalue weighted by atomic mass is 19.4. The van der Waals surface area contributed by atoms with Crippen molar-refractivity contribution in [1.29, 1.82) is 0 Å². The molecule has 1 saturated carbocycles. The van der Waals surface area contributed by atoms with E-state index in [1.54, 1.807) is 29.2 Å². The Hall–Kier alpha value is -3.86. The third-order valence-corrected chi connectivity index (χ3v) is 7.57. The molecule has 0 bridgehead atoms. The summed E-state index contributed by atoms with van der Waals surface area (Å²) in [5.41, 5.74) is 4.20. The smallest absolute Gasteiger partial charge is 0.406 e. The first-order valence-corrected chi connectivity index (χ1v) is 13.2. The Morgan fingerprint density at radius 2 is 1.72 bits per heavy atom. The molecule has 6 rings (SSSR count). The van der Waals surface area contributed by atoms with Crippen LogP contribution in [-0.4, -0.2) is 67.8 Å². The van der Waals surface area contributed by atoms with Crippen molar-refractivity contribution in [2.45, 2.75) is 45.1 Å². The van der Waals surface area contributed by atoms with Crippen LogP contribution in [0.5, 0.6) is 5.75 Å². The highest BCUT2D eigenvalue weighted by molar-refractivity contribution is 5.55. The minimum absolute atomic E-state index is 0.267. The van der Waals surface area contributed by atoms with Crippen LogP contribution in [-0.2, 0) is 6.54 Å². The van der Waals surface area contributed by atoms with Crippen LogP contribution in [0.25, 0.3) is 17.1 Å². The van der Waals surface area contributed by atoms with Crippen molar-refractivity contribution >= 4 is 5.82 Å². The summed E-state index contributed by atoms with van der Waals surface area (Å²) in [5, 5.41) is 4.78. The maximum absolute atomic E-state index is 12.4. The summed E-state index contributed by atoms with van der Waals surface area (Å²) in [6.45, 7) is 6.81. The number of rotatable bonds is 7. The maximum Gasteiger partial charge on any atom is 0.573 e. The molecule has 11 heteroatoms. The fourth-order valence-electron chi connectivity index (χ4n) is 5.18. The van der Waals surface area contributed by atoms with Crippen LogP contribution in [0, 0.1) is 6.92 Å². The van der Waals surface area contributed by atoms with Gasteiger partial charge in [-0.2, -0.15) is 5.10 Å². The summed E-state index contributed by atoms with van der Waals surface area (Å²) in [6, 6.07) is 12.6. The first-order valence-electron chi connectivity index (χ1n) is 13.2. The second-order valence-electron chi connectivity index (χ2n) is 10.2. The number of pyridine rings is 1. The predicted molar refractivity (Wildman–Crippen MR) is 141 cm³/mol. The highest BCUT2D eigenvalue weighted by Gasteiger charge is 2.31. The topological polar surface area (TPSA) is 64.2 Å². The largest absolute Gasteiger partial charge is 0.573 e. The van der Waals surface area contributed by atoms with Crippen LogP contribution >= 0.6 is 0 Å². The van der Waals surface area contributed by atoms with Gasteiger partial charge < -0.3 is 14.2 Å². The van der Waals surface area contributed by atoms with E-state index in [9.17, 15) is 13.2 Å². The average Bonchev–Trinajstić information content (AvgIpc) is 3.51. The van der Waals surface area contributed by atoms with Gasteiger partial charge in [-0.3, -0.25) is 9.58 Å². The molecule has 1 aromatic carbocycles. The molecule has 2 fully saturated rings. The van der Waals surface area contributed by atoms with E-state index in [1.807, 2.05) is 29.9 Å². The van der Waals surface area contributed by atoms with E-state index in [4.69, 9.17) is 5.10 Å². The van der Waals surface area contributed by atoms with E-state index in [0.717, 1.165) is 55.0 Å². The lowest BCUT2D eigenvalue weighted by molar-refractivity contribution is -0.274. The fraction of sp³-hybridized carbons (Fsp3) is 0.393. The van der Waals surface area contributed by atoms with Gasteiger partial charge in [0.15, 0.2) is 0 Å². The van der Waals surface area contributed by atoms with Crippen LogP contribution in [0.4, 0.5) is 19.0 Å². The number of aryl methyl sites for hydroxylation is 1. The molecule has 0 spiro atoms. The Bertz CT molecular complexity index is 1420. The Labute approximate surface area is 224 Å². The number of ether oxygens (including phenoxy) is 1. The molecule has 8 nitrogen and oxygen atoms in total. The average molecular weight is 538 g/mol. The number of benzene rings is 1. The zero-order chi connectivity index (χ0) is 27.0. The molecule has 39 heavy (non-hydrogen) atoms. The Morgan fingerprint density at radius 1 is 0.949 bits per heavy atom. The van der Waals surface area contributed by atoms with Crippen LogP contribution in [0.2, 0.25) is 0 Å². The summed E-state index contributed by atoms with van der Waals surface area (Å²) in [5.74, 6) is 0.743. The number of piperazine rings is 1. The molecular weight excluding hydrogens is 507 g/mol. The third kappa shape index (κ3) is 5.78. The van der Waals surface area contributed by atoms with Crippen LogP contribution in [0.15, 0.2) is 61.2 Å². The van der Waals surface area contributed by atoms with Gasteiger partial charge in [0.25, 0.3) is 0 Å². The number of hydrogen-bond donors (Lipinski definition) is 0. The molecule has 3 aromatic heterocycles. The summed E-state index contributed by atoms with van der Waals surface area (Å²) in [4.78, 5) is 14.1. The molecule has 1 saturated heterocycles. The van der Waals surface area contributed by atoms with Gasteiger partial charge in [0.1, 0.15) is 23.0 Å². The predicted octanol–water partition coefficient (Wildman–Crippen LogP) is 5.06. The molecular formula is C28H30F3N7O. The molecule has 1 aliphatic carbocycles. The SMILES string of the molecule is Cc1cc(-c2cn(-c3ccc(OC(F)(F)F)cc3)cn2)nn1Cc1ccnc(N2CCN(C3CCC3)CC2)c1. The summed E-state index contributed by atoms with van der Waals surface area (Å²) in [7, 11) is 0. The van der Waals surface area contributed by atoms with E-state index in [-0.39, 0.29) is 5.75 Å². The van der Waals surface area contributed by atoms with Crippen molar-refractivity contribution in [2.75, 3.05) is 31.1 Å². The summed E-state index contributed by atoms with van der Waals surface area (Å²) >= 11 is 0. The first-order chi connectivity index (χ1) is 18.8. The fourth-order valence-corrected chi connectivity index (χ4v) is 5.18. The van der Waals surface area contributed by atoms with Gasteiger partial charge >= 0.3 is 6.36 Å². The number of nitrogens with zero attached hydrogens (tertiary/aromatic N) is 7. The second kappa shape index (κ2) is 10.4. The van der Waals surface area contributed by atoms with E-state index in [1.165, 1.54) is 31.4 Å². The molecule has 2 aliphatic rings. The minimum atomic E-state index is -4.72. The number of hydrogen-bond acceptors (Lipinski definition) is 6. The Balaban J connectivity index is 1.12. The molecule has 0 N–H and O–H groups in total. The van der Waals surface area contributed by atoms with Crippen molar-refractivity contribution < 1.29 is 17.9 Å². The first kappa shape index (κ1) is 25.4. The van der Waals surface area contributed by atoms with E-state index in [2.05, 4.69) is 30.6 Å². The van der Waals surface area contributed by atoms with E-state index < -0.39 is 6.36 Å². The number of halogens is 3. The lowest BCUT2D eigenvalue weighted by Crippen LogP contribution is -2.52. The van der Waals surface area contributed by atoms with E-state index >= 15 is 0 Å². The third-order valence-electron chi connectivity index (χ3n) is 7.57. The molecule has 0 amide bonds. The van der Waals surface area contributed by atoms with E-state index in [0.29, 0.717) is 17.9 Å².